The summed E-state index contributed by atoms with van der Waals surface area (Å²) >= 11 is 9.50. The Morgan fingerprint density at radius 3 is 2.31 bits per heavy atom. The zero-order valence-electron chi connectivity index (χ0n) is 28.6. The first-order valence-corrected chi connectivity index (χ1v) is 20.9. The van der Waals surface area contributed by atoms with Gasteiger partial charge in [0.25, 0.3) is 11.8 Å². The molecule has 3 aromatic carbocycles. The molecule has 2 aliphatic heterocycles. The molecule has 0 bridgehead atoms. The fourth-order valence-corrected chi connectivity index (χ4v) is 10.9. The lowest BCUT2D eigenvalue weighted by Gasteiger charge is -2.39. The van der Waals surface area contributed by atoms with Crippen LogP contribution in [0.2, 0.25) is 4.34 Å². The van der Waals surface area contributed by atoms with E-state index in [2.05, 4.69) is 68.3 Å². The van der Waals surface area contributed by atoms with Crippen molar-refractivity contribution in [3.05, 3.63) is 104 Å². The molecule has 14 heteroatoms. The third-order valence-corrected chi connectivity index (χ3v) is 13.8. The number of imide groups is 1. The molecule has 1 unspecified atom stereocenters. The average Bonchev–Trinajstić information content (AvgIpc) is 3.67. The number of methoxy groups -OCH3 is 2. The number of hydrogen-bond acceptors (Lipinski definition) is 9. The molecule has 0 saturated carbocycles. The van der Waals surface area contributed by atoms with E-state index in [-0.39, 0.29) is 29.3 Å². The van der Waals surface area contributed by atoms with E-state index in [1.54, 1.807) is 25.3 Å². The predicted molar refractivity (Wildman–Crippen MR) is 209 cm³/mol. The molecule has 1 N–H and O–H groups in total. The number of piperazine rings is 1. The molecule has 270 valence electrons. The van der Waals surface area contributed by atoms with E-state index >= 15 is 0 Å². The van der Waals surface area contributed by atoms with Crippen LogP contribution in [0.4, 0.5) is 5.69 Å². The van der Waals surface area contributed by atoms with Crippen LogP contribution in [0.25, 0.3) is 0 Å². The number of hydrogen-bond donors (Lipinski definition) is 1. The van der Waals surface area contributed by atoms with Gasteiger partial charge in [0.15, 0.2) is 11.5 Å². The lowest BCUT2D eigenvalue weighted by atomic mass is 9.99. The molecule has 6 rings (SSSR count). The van der Waals surface area contributed by atoms with E-state index in [4.69, 9.17) is 21.1 Å². The summed E-state index contributed by atoms with van der Waals surface area (Å²) in [6, 6.07) is 22.3. The molecule has 3 heterocycles. The molecular weight excluding hydrogens is 823 g/mol. The Bertz CT molecular complexity index is 2000. The van der Waals surface area contributed by atoms with E-state index < -0.39 is 16.1 Å². The molecule has 2 atom stereocenters. The van der Waals surface area contributed by atoms with Crippen molar-refractivity contribution in [1.82, 2.24) is 14.5 Å². The number of amides is 2. The molecule has 0 radical (unpaired) electrons. The largest absolute Gasteiger partial charge is 0.493 e. The highest BCUT2D eigenvalue weighted by molar-refractivity contribution is 14.1. The normalized spacial score (nSPS) is 16.3. The minimum atomic E-state index is -3.81. The predicted octanol–water partition coefficient (Wildman–Crippen LogP) is 7.33. The fourth-order valence-electron chi connectivity index (χ4n) is 6.91. The highest BCUT2D eigenvalue weighted by Gasteiger charge is 2.43. The van der Waals surface area contributed by atoms with Gasteiger partial charge in [0.2, 0.25) is 10.0 Å². The third-order valence-electron chi connectivity index (χ3n) is 9.61. The monoisotopic (exact) mass is 862 g/mol. The Kier molecular flexibility index (Phi) is 11.9. The molecule has 2 amide bonds. The van der Waals surface area contributed by atoms with Gasteiger partial charge in [0.05, 0.1) is 46.3 Å². The fraction of sp³-hybridized carbons (Fsp3) is 0.351. The van der Waals surface area contributed by atoms with Crippen LogP contribution < -0.4 is 19.1 Å². The van der Waals surface area contributed by atoms with Crippen LogP contribution in [-0.2, 0) is 14.5 Å². The Hall–Kier alpha value is -3.21. The number of ether oxygens (including phenoxy) is 2. The van der Waals surface area contributed by atoms with Crippen LogP contribution in [0.3, 0.4) is 0 Å². The van der Waals surface area contributed by atoms with Crippen LogP contribution >= 0.6 is 45.5 Å². The Morgan fingerprint density at radius 1 is 0.902 bits per heavy atom. The molecular formula is C37H40ClIN4O6S2. The van der Waals surface area contributed by atoms with Gasteiger partial charge in [-0.05, 0) is 61.2 Å². The molecule has 0 aliphatic carbocycles. The molecule has 4 aromatic rings. The Morgan fingerprint density at radius 2 is 1.63 bits per heavy atom. The highest BCUT2D eigenvalue weighted by Crippen LogP contribution is 2.41. The van der Waals surface area contributed by atoms with Gasteiger partial charge in [-0.1, -0.05) is 76.7 Å². The molecule has 0 spiro atoms. The maximum atomic E-state index is 14.5. The first-order valence-electron chi connectivity index (χ1n) is 16.7. The van der Waals surface area contributed by atoms with E-state index in [1.165, 1.54) is 35.0 Å². The van der Waals surface area contributed by atoms with Gasteiger partial charge in [-0.25, -0.2) is 13.1 Å². The number of benzene rings is 3. The van der Waals surface area contributed by atoms with Crippen LogP contribution in [0, 0.1) is 0 Å². The number of nitrogens with zero attached hydrogens (tertiary/aromatic N) is 3. The number of carbonyl (C=O) groups excluding carboxylic acids is 2. The quantitative estimate of drug-likeness (QED) is 0.0608. The summed E-state index contributed by atoms with van der Waals surface area (Å²) in [6.07, 6.45) is 0.649. The molecule has 51 heavy (non-hydrogen) atoms. The van der Waals surface area contributed by atoms with Crippen LogP contribution in [-0.4, -0.2) is 77.0 Å². The van der Waals surface area contributed by atoms with Gasteiger partial charge in [-0.15, -0.1) is 11.3 Å². The average molecular weight is 863 g/mol. The van der Waals surface area contributed by atoms with Crippen molar-refractivity contribution in [2.24, 2.45) is 0 Å². The second-order valence-corrected chi connectivity index (χ2v) is 16.7. The number of nitrogens with one attached hydrogen (secondary N) is 1. The van der Waals surface area contributed by atoms with Crippen molar-refractivity contribution in [2.75, 3.05) is 51.8 Å². The lowest BCUT2D eigenvalue weighted by Crippen LogP contribution is -2.47. The molecule has 1 saturated heterocycles. The highest BCUT2D eigenvalue weighted by atomic mass is 127. The van der Waals surface area contributed by atoms with Crippen molar-refractivity contribution >= 4 is 73.1 Å². The van der Waals surface area contributed by atoms with E-state index in [1.807, 2.05) is 24.3 Å². The SMILES string of the molecule is COc1ccc(C(CCCNS(=O)(=O)c2cc(Cl)sc2CI)N2C(=O)c3cccc(N4CCN([C@H](C)c5ccccc5)CC4)c3C2=O)cc1OC. The standard InChI is InChI=1S/C37H40ClIN4O6S2/c1-24(25-9-5-4-6-10-25)41-17-19-42(20-18-41)29-12-7-11-27-35(29)37(45)43(36(27)44)28(26-14-15-30(48-2)31(21-26)49-3)13-8-16-40-51(46,47)33-22-34(38)50-32(33)23-39/h4-7,9-12,14-15,21-22,24,28,40H,8,13,16-20,23H2,1-3H3/t24-,28?/m1/s1. The molecule has 2 aliphatic rings. The maximum absolute atomic E-state index is 14.5. The van der Waals surface area contributed by atoms with Gasteiger partial charge in [0, 0.05) is 48.1 Å². The maximum Gasteiger partial charge on any atom is 0.264 e. The molecule has 10 nitrogen and oxygen atoms in total. The van der Waals surface area contributed by atoms with Crippen molar-refractivity contribution in [1.29, 1.82) is 0 Å². The molecule has 1 aromatic heterocycles. The van der Waals surface area contributed by atoms with E-state index in [9.17, 15) is 18.0 Å². The number of fused-ring (bicyclic) bond motifs is 1. The van der Waals surface area contributed by atoms with Crippen molar-refractivity contribution in [3.63, 3.8) is 0 Å². The Labute approximate surface area is 321 Å². The number of thiophene rings is 1. The smallest absolute Gasteiger partial charge is 0.264 e. The first kappa shape index (κ1) is 37.5. The van der Waals surface area contributed by atoms with E-state index in [0.29, 0.717) is 67.8 Å². The van der Waals surface area contributed by atoms with Crippen LogP contribution in [0.15, 0.2) is 77.7 Å². The van der Waals surface area contributed by atoms with Gasteiger partial charge >= 0.3 is 0 Å². The van der Waals surface area contributed by atoms with Crippen molar-refractivity contribution in [2.45, 2.75) is 41.2 Å². The zero-order valence-corrected chi connectivity index (χ0v) is 33.1. The number of anilines is 1. The number of carbonyl (C=O) groups is 2. The summed E-state index contributed by atoms with van der Waals surface area (Å²) in [5.74, 6) is 0.221. The van der Waals surface area contributed by atoms with Crippen LogP contribution in [0.5, 0.6) is 11.5 Å². The van der Waals surface area contributed by atoms with Gasteiger partial charge < -0.3 is 14.4 Å². The minimum absolute atomic E-state index is 0.0976. The summed E-state index contributed by atoms with van der Waals surface area (Å²) in [7, 11) is -0.745. The Balaban J connectivity index is 1.23. The van der Waals surface area contributed by atoms with Gasteiger partial charge in [-0.2, -0.15) is 0 Å². The first-order chi connectivity index (χ1) is 24.6. The number of rotatable bonds is 14. The second kappa shape index (κ2) is 16.2. The topological polar surface area (TPSA) is 108 Å². The van der Waals surface area contributed by atoms with Gasteiger partial charge in [0.1, 0.15) is 0 Å². The lowest BCUT2D eigenvalue weighted by molar-refractivity contribution is 0.0572. The summed E-state index contributed by atoms with van der Waals surface area (Å²) < 4.78 is 41.0. The van der Waals surface area contributed by atoms with Crippen molar-refractivity contribution in [3.8, 4) is 11.5 Å². The van der Waals surface area contributed by atoms with E-state index in [0.717, 1.165) is 18.8 Å². The summed E-state index contributed by atoms with van der Waals surface area (Å²) in [5, 5.41) is 0. The molecule has 1 fully saturated rings. The number of alkyl halides is 1. The summed E-state index contributed by atoms with van der Waals surface area (Å²) in [6.45, 7) is 5.36. The minimum Gasteiger partial charge on any atom is -0.493 e. The summed E-state index contributed by atoms with van der Waals surface area (Å²) in [5.41, 5.74) is 3.45. The van der Waals surface area contributed by atoms with Crippen molar-refractivity contribution < 1.29 is 27.5 Å². The third kappa shape index (κ3) is 7.79. The second-order valence-electron chi connectivity index (χ2n) is 12.4. The number of sulfonamides is 1. The zero-order chi connectivity index (χ0) is 36.3. The summed E-state index contributed by atoms with van der Waals surface area (Å²) in [4.78, 5) is 35.4. The van der Waals surface area contributed by atoms with Gasteiger partial charge in [-0.3, -0.25) is 19.4 Å². The van der Waals surface area contributed by atoms with Crippen LogP contribution in [0.1, 0.15) is 68.6 Å². The number of halogens is 2.